The van der Waals surface area contributed by atoms with E-state index in [0.29, 0.717) is 0 Å². The van der Waals surface area contributed by atoms with Crippen LogP contribution in [-0.4, -0.2) is 24.0 Å². The molecule has 0 saturated heterocycles. The molecule has 0 amide bonds. The molecule has 1 rings (SSSR count). The molecule has 0 spiro atoms. The zero-order valence-electron chi connectivity index (χ0n) is 7.97. The topological polar surface area (TPSA) is 3.24 Å². The predicted octanol–water partition coefficient (Wildman–Crippen LogP) is -0.911. The summed E-state index contributed by atoms with van der Waals surface area (Å²) in [5.41, 5.74) is 0. The second-order valence-electron chi connectivity index (χ2n) is 3.07. The van der Waals surface area contributed by atoms with Crippen LogP contribution in [0.15, 0.2) is 0 Å². The summed E-state index contributed by atoms with van der Waals surface area (Å²) in [4.78, 5) is 2.48. The zero-order valence-corrected chi connectivity index (χ0v) is 11.1. The van der Waals surface area contributed by atoms with Crippen molar-refractivity contribution in [3.63, 3.8) is 0 Å². The second-order valence-corrected chi connectivity index (χ2v) is 3.07. The summed E-state index contributed by atoms with van der Waals surface area (Å²) >= 11 is 0. The summed E-state index contributed by atoms with van der Waals surface area (Å²) in [6, 6.07) is 0.863. The Kier molecular flexibility index (Phi) is 8.07. The van der Waals surface area contributed by atoms with Crippen molar-refractivity contribution in [1.29, 1.82) is 0 Å². The van der Waals surface area contributed by atoms with Crippen LogP contribution >= 0.6 is 0 Å². The monoisotopic (exact) mass is 179 g/mol. The van der Waals surface area contributed by atoms with Crippen LogP contribution < -0.4 is 51.4 Å². The second kappa shape index (κ2) is 7.04. The molecule has 0 unspecified atom stereocenters. The van der Waals surface area contributed by atoms with Crippen LogP contribution in [0.5, 0.6) is 0 Å². The molecular formula is C9H18KN. The Morgan fingerprint density at radius 3 is 2.27 bits per heavy atom. The first-order valence-corrected chi connectivity index (χ1v) is 4.41. The van der Waals surface area contributed by atoms with Gasteiger partial charge in [0.15, 0.2) is 0 Å². The quantitative estimate of drug-likeness (QED) is 0.400. The fourth-order valence-electron chi connectivity index (χ4n) is 1.87. The third-order valence-electron chi connectivity index (χ3n) is 2.53. The number of nitrogens with zero attached hydrogens (tertiary/aromatic N) is 1. The van der Waals surface area contributed by atoms with Crippen molar-refractivity contribution < 1.29 is 51.4 Å². The van der Waals surface area contributed by atoms with Gasteiger partial charge in [-0.05, 0) is 19.4 Å². The van der Waals surface area contributed by atoms with Crippen molar-refractivity contribution in [3.8, 4) is 0 Å². The van der Waals surface area contributed by atoms with Crippen molar-refractivity contribution in [1.82, 2.24) is 4.90 Å². The Morgan fingerprint density at radius 2 is 1.91 bits per heavy atom. The summed E-state index contributed by atoms with van der Waals surface area (Å²) < 4.78 is 0. The molecule has 0 N–H and O–H groups in total. The van der Waals surface area contributed by atoms with Crippen LogP contribution in [0.3, 0.4) is 0 Å². The van der Waals surface area contributed by atoms with Crippen LogP contribution in [0.2, 0.25) is 0 Å². The molecule has 0 radical (unpaired) electrons. The molecule has 0 aromatic carbocycles. The Morgan fingerprint density at radius 1 is 1.36 bits per heavy atom. The maximum atomic E-state index is 3.93. The van der Waals surface area contributed by atoms with Gasteiger partial charge in [0.2, 0.25) is 0 Å². The first-order chi connectivity index (χ1) is 4.88. The van der Waals surface area contributed by atoms with Crippen LogP contribution in [0.4, 0.5) is 0 Å². The van der Waals surface area contributed by atoms with E-state index in [9.17, 15) is 0 Å². The van der Waals surface area contributed by atoms with Crippen molar-refractivity contribution in [2.24, 2.45) is 0 Å². The normalized spacial score (nSPS) is 18.8. The van der Waals surface area contributed by atoms with E-state index >= 15 is 0 Å². The van der Waals surface area contributed by atoms with Gasteiger partial charge in [-0.1, -0.05) is 19.8 Å². The number of hydrogen-bond acceptors (Lipinski definition) is 1. The van der Waals surface area contributed by atoms with Gasteiger partial charge < -0.3 is 11.8 Å². The van der Waals surface area contributed by atoms with Crippen molar-refractivity contribution >= 4 is 0 Å². The van der Waals surface area contributed by atoms with Gasteiger partial charge in [0.25, 0.3) is 0 Å². The molecule has 1 saturated carbocycles. The van der Waals surface area contributed by atoms with Gasteiger partial charge in [0.05, 0.1) is 0 Å². The van der Waals surface area contributed by atoms with Crippen LogP contribution in [0, 0.1) is 6.92 Å². The van der Waals surface area contributed by atoms with E-state index in [0.717, 1.165) is 12.6 Å². The van der Waals surface area contributed by atoms with E-state index < -0.39 is 0 Å². The van der Waals surface area contributed by atoms with E-state index in [-0.39, 0.29) is 51.4 Å². The van der Waals surface area contributed by atoms with E-state index in [4.69, 9.17) is 0 Å². The fraction of sp³-hybridized carbons (Fsp3) is 0.889. The first kappa shape index (κ1) is 12.6. The Balaban J connectivity index is 0.000001000. The average molecular weight is 179 g/mol. The molecule has 0 atom stereocenters. The molecule has 1 aliphatic carbocycles. The predicted molar refractivity (Wildman–Crippen MR) is 44.9 cm³/mol. The minimum Gasteiger partial charge on any atom is -0.330 e. The SMILES string of the molecule is [CH2-]CN(CC)C1CCCC1.[K+]. The van der Waals surface area contributed by atoms with Crippen molar-refractivity contribution in [2.45, 2.75) is 38.6 Å². The van der Waals surface area contributed by atoms with Gasteiger partial charge in [-0.3, -0.25) is 0 Å². The zero-order chi connectivity index (χ0) is 7.40. The number of rotatable bonds is 3. The Hall–Kier alpha value is 1.60. The fourth-order valence-corrected chi connectivity index (χ4v) is 1.87. The van der Waals surface area contributed by atoms with Gasteiger partial charge in [-0.15, -0.1) is 6.54 Å². The molecule has 60 valence electrons. The van der Waals surface area contributed by atoms with Gasteiger partial charge in [-0.25, -0.2) is 0 Å². The molecule has 0 heterocycles. The van der Waals surface area contributed by atoms with E-state index in [1.807, 2.05) is 0 Å². The third kappa shape index (κ3) is 3.88. The van der Waals surface area contributed by atoms with E-state index in [1.165, 1.54) is 32.2 Å². The van der Waals surface area contributed by atoms with Crippen LogP contribution in [0.1, 0.15) is 32.6 Å². The molecule has 11 heavy (non-hydrogen) atoms. The summed E-state index contributed by atoms with van der Waals surface area (Å²) in [5.74, 6) is 0. The van der Waals surface area contributed by atoms with Gasteiger partial charge in [0.1, 0.15) is 0 Å². The van der Waals surface area contributed by atoms with Crippen molar-refractivity contribution in [3.05, 3.63) is 6.92 Å². The minimum atomic E-state index is 0. The summed E-state index contributed by atoms with van der Waals surface area (Å²) in [6.07, 6.45) is 5.68. The first-order valence-electron chi connectivity index (χ1n) is 4.41. The van der Waals surface area contributed by atoms with Gasteiger partial charge >= 0.3 is 51.4 Å². The molecular weight excluding hydrogens is 161 g/mol. The summed E-state index contributed by atoms with van der Waals surface area (Å²) in [6.45, 7) is 8.32. The molecule has 1 aliphatic rings. The largest absolute Gasteiger partial charge is 1.00 e. The molecule has 1 nitrogen and oxygen atoms in total. The van der Waals surface area contributed by atoms with E-state index in [1.54, 1.807) is 0 Å². The molecule has 2 heteroatoms. The van der Waals surface area contributed by atoms with Crippen LogP contribution in [0.25, 0.3) is 0 Å². The van der Waals surface area contributed by atoms with E-state index in [2.05, 4.69) is 18.7 Å². The molecule has 1 fully saturated rings. The summed E-state index contributed by atoms with van der Waals surface area (Å²) in [7, 11) is 0. The maximum Gasteiger partial charge on any atom is 1.00 e. The minimum absolute atomic E-state index is 0. The Labute approximate surface area is 113 Å². The molecule has 0 bridgehead atoms. The molecule has 0 aromatic rings. The van der Waals surface area contributed by atoms with Gasteiger partial charge in [-0.2, -0.15) is 0 Å². The third-order valence-corrected chi connectivity index (χ3v) is 2.53. The van der Waals surface area contributed by atoms with Crippen molar-refractivity contribution in [2.75, 3.05) is 13.1 Å². The number of hydrogen-bond donors (Lipinski definition) is 0. The smallest absolute Gasteiger partial charge is 0.330 e. The molecule has 0 aromatic heterocycles. The summed E-state index contributed by atoms with van der Waals surface area (Å²) in [5, 5.41) is 0. The van der Waals surface area contributed by atoms with Crippen LogP contribution in [-0.2, 0) is 0 Å². The van der Waals surface area contributed by atoms with Gasteiger partial charge in [0, 0.05) is 6.04 Å². The average Bonchev–Trinajstić information content (AvgIpc) is 2.43. The molecule has 0 aliphatic heterocycles. The Bertz CT molecular complexity index is 85.6. The standard InChI is InChI=1S/C9H18N.K/c1-3-10(4-2)9-7-5-6-8-9;/h9H,1,3-8H2,2H3;/q-1;+1. The maximum absolute atomic E-state index is 3.93.